The number of rotatable bonds is 2. The fraction of sp³-hybridized carbons (Fsp3) is 0.143. The van der Waals surface area contributed by atoms with E-state index in [-0.39, 0.29) is 5.38 Å². The van der Waals surface area contributed by atoms with Crippen LogP contribution in [0.2, 0.25) is 5.02 Å². The molecule has 0 saturated carbocycles. The molecule has 0 fully saturated rings. The first-order chi connectivity index (χ1) is 9.58. The monoisotopic (exact) mass is 309 g/mol. The summed E-state index contributed by atoms with van der Waals surface area (Å²) in [6, 6.07) is 7.93. The van der Waals surface area contributed by atoms with Crippen LogP contribution in [0.15, 0.2) is 36.5 Å². The zero-order valence-electron chi connectivity index (χ0n) is 10.5. The van der Waals surface area contributed by atoms with E-state index in [0.29, 0.717) is 27.7 Å². The molecule has 1 unspecified atom stereocenters. The number of imidazole rings is 1. The van der Waals surface area contributed by atoms with Crippen molar-refractivity contribution in [3.8, 4) is 5.69 Å². The van der Waals surface area contributed by atoms with Crippen LogP contribution in [0.1, 0.15) is 18.1 Å². The van der Waals surface area contributed by atoms with Gasteiger partial charge in [-0.2, -0.15) is 0 Å². The van der Waals surface area contributed by atoms with Crippen LogP contribution >= 0.6 is 23.2 Å². The van der Waals surface area contributed by atoms with Gasteiger partial charge in [0.1, 0.15) is 17.2 Å². The first-order valence-electron chi connectivity index (χ1n) is 6.01. The molecule has 2 aromatic heterocycles. The minimum absolute atomic E-state index is 0.293. The maximum atomic E-state index is 14.1. The van der Waals surface area contributed by atoms with Crippen LogP contribution in [-0.2, 0) is 0 Å². The smallest absolute Gasteiger partial charge is 0.164 e. The lowest BCUT2D eigenvalue weighted by Gasteiger charge is -2.11. The summed E-state index contributed by atoms with van der Waals surface area (Å²) >= 11 is 12.1. The van der Waals surface area contributed by atoms with Crippen molar-refractivity contribution in [2.75, 3.05) is 0 Å². The van der Waals surface area contributed by atoms with Gasteiger partial charge >= 0.3 is 0 Å². The Labute approximate surface area is 125 Å². The van der Waals surface area contributed by atoms with Crippen LogP contribution in [-0.4, -0.2) is 14.5 Å². The van der Waals surface area contributed by atoms with Gasteiger partial charge in [-0.3, -0.25) is 4.57 Å². The molecule has 0 spiro atoms. The minimum Gasteiger partial charge on any atom is -0.276 e. The number of aromatic nitrogens is 3. The highest BCUT2D eigenvalue weighted by Crippen LogP contribution is 2.29. The molecular weight excluding hydrogens is 300 g/mol. The number of halogens is 3. The van der Waals surface area contributed by atoms with E-state index in [2.05, 4.69) is 9.97 Å². The van der Waals surface area contributed by atoms with Crippen molar-refractivity contribution < 1.29 is 4.39 Å². The number of nitrogens with zero attached hydrogens (tertiary/aromatic N) is 3. The molecule has 1 aromatic carbocycles. The van der Waals surface area contributed by atoms with E-state index in [4.69, 9.17) is 23.2 Å². The Morgan fingerprint density at radius 1 is 1.30 bits per heavy atom. The van der Waals surface area contributed by atoms with E-state index in [1.54, 1.807) is 23.8 Å². The van der Waals surface area contributed by atoms with Crippen LogP contribution in [0.25, 0.3) is 16.9 Å². The maximum absolute atomic E-state index is 14.1. The average Bonchev–Trinajstić information content (AvgIpc) is 2.81. The van der Waals surface area contributed by atoms with E-state index in [1.165, 1.54) is 18.2 Å². The van der Waals surface area contributed by atoms with Crippen LogP contribution in [0.4, 0.5) is 4.39 Å². The third kappa shape index (κ3) is 2.15. The van der Waals surface area contributed by atoms with Gasteiger partial charge in [0.2, 0.25) is 0 Å². The quantitative estimate of drug-likeness (QED) is 0.652. The third-order valence-electron chi connectivity index (χ3n) is 2.95. The highest BCUT2D eigenvalue weighted by molar-refractivity contribution is 6.30. The molecule has 6 heteroatoms. The van der Waals surface area contributed by atoms with Gasteiger partial charge in [-0.05, 0) is 37.3 Å². The number of pyridine rings is 1. The minimum atomic E-state index is -0.405. The van der Waals surface area contributed by atoms with Gasteiger partial charge in [-0.15, -0.1) is 11.6 Å². The summed E-state index contributed by atoms with van der Waals surface area (Å²) in [5.41, 5.74) is 1.51. The van der Waals surface area contributed by atoms with Gasteiger partial charge in [0.25, 0.3) is 0 Å². The number of hydrogen-bond acceptors (Lipinski definition) is 2. The Hall–Kier alpha value is -1.65. The summed E-state index contributed by atoms with van der Waals surface area (Å²) in [4.78, 5) is 8.68. The molecule has 0 bridgehead atoms. The van der Waals surface area contributed by atoms with Crippen LogP contribution in [0.3, 0.4) is 0 Å². The molecule has 1 atom stereocenters. The fourth-order valence-corrected chi connectivity index (χ4v) is 2.40. The predicted molar refractivity (Wildman–Crippen MR) is 78.1 cm³/mol. The normalized spacial score (nSPS) is 12.8. The zero-order chi connectivity index (χ0) is 14.3. The van der Waals surface area contributed by atoms with Gasteiger partial charge < -0.3 is 0 Å². The van der Waals surface area contributed by atoms with Gasteiger partial charge in [0, 0.05) is 11.2 Å². The molecule has 0 saturated heterocycles. The summed E-state index contributed by atoms with van der Waals surface area (Å²) in [5.74, 6) is 0.124. The lowest BCUT2D eigenvalue weighted by atomic mass is 10.3. The lowest BCUT2D eigenvalue weighted by molar-refractivity contribution is 0.616. The van der Waals surface area contributed by atoms with Gasteiger partial charge in [0.05, 0.1) is 11.1 Å². The predicted octanol–water partition coefficient (Wildman–Crippen LogP) is 4.51. The summed E-state index contributed by atoms with van der Waals surface area (Å²) in [5, 5.41) is 0.0509. The van der Waals surface area contributed by atoms with Crippen molar-refractivity contribution in [1.29, 1.82) is 0 Å². The number of hydrogen-bond donors (Lipinski definition) is 0. The highest BCUT2D eigenvalue weighted by atomic mass is 35.5. The molecule has 20 heavy (non-hydrogen) atoms. The Balaban J connectivity index is 2.39. The second-order valence-corrected chi connectivity index (χ2v) is 5.45. The SMILES string of the molecule is CC(Cl)c1nc2cccnc2n1-c1cc(Cl)ccc1F. The van der Waals surface area contributed by atoms with Gasteiger partial charge in [0.15, 0.2) is 5.65 Å². The molecule has 3 nitrogen and oxygen atoms in total. The van der Waals surface area contributed by atoms with Gasteiger partial charge in [-0.1, -0.05) is 11.6 Å². The molecule has 3 rings (SSSR count). The number of fused-ring (bicyclic) bond motifs is 1. The summed E-state index contributed by atoms with van der Waals surface area (Å²) in [6.07, 6.45) is 1.63. The van der Waals surface area contributed by atoms with Crippen molar-refractivity contribution in [3.63, 3.8) is 0 Å². The van der Waals surface area contributed by atoms with Crippen molar-refractivity contribution in [3.05, 3.63) is 53.2 Å². The molecule has 0 radical (unpaired) electrons. The highest BCUT2D eigenvalue weighted by Gasteiger charge is 2.19. The van der Waals surface area contributed by atoms with Crippen molar-refractivity contribution >= 4 is 34.4 Å². The third-order valence-corrected chi connectivity index (χ3v) is 3.38. The Morgan fingerprint density at radius 3 is 2.85 bits per heavy atom. The van der Waals surface area contributed by atoms with E-state index < -0.39 is 5.82 Å². The van der Waals surface area contributed by atoms with Gasteiger partial charge in [-0.25, -0.2) is 14.4 Å². The van der Waals surface area contributed by atoms with Crippen LogP contribution < -0.4 is 0 Å². The van der Waals surface area contributed by atoms with E-state index in [0.717, 1.165) is 0 Å². The second kappa shape index (κ2) is 5.04. The molecule has 2 heterocycles. The fourth-order valence-electron chi connectivity index (χ4n) is 2.09. The van der Waals surface area contributed by atoms with Crippen molar-refractivity contribution in [1.82, 2.24) is 14.5 Å². The number of benzene rings is 1. The summed E-state index contributed by atoms with van der Waals surface area (Å²) < 4.78 is 15.7. The van der Waals surface area contributed by atoms with Crippen molar-refractivity contribution in [2.24, 2.45) is 0 Å². The van der Waals surface area contributed by atoms with E-state index >= 15 is 0 Å². The summed E-state index contributed by atoms with van der Waals surface area (Å²) in [6.45, 7) is 1.78. The second-order valence-electron chi connectivity index (χ2n) is 4.36. The molecule has 3 aromatic rings. The first kappa shape index (κ1) is 13.3. The molecule has 0 aliphatic heterocycles. The van der Waals surface area contributed by atoms with E-state index in [9.17, 15) is 4.39 Å². The largest absolute Gasteiger partial charge is 0.276 e. The maximum Gasteiger partial charge on any atom is 0.164 e. The van der Waals surface area contributed by atoms with Crippen LogP contribution in [0.5, 0.6) is 0 Å². The molecule has 0 aliphatic rings. The molecule has 0 aliphatic carbocycles. The molecule has 0 amide bonds. The number of alkyl halides is 1. The summed E-state index contributed by atoms with van der Waals surface area (Å²) in [7, 11) is 0. The van der Waals surface area contributed by atoms with Crippen LogP contribution in [0, 0.1) is 5.82 Å². The Kier molecular flexibility index (Phi) is 3.36. The van der Waals surface area contributed by atoms with Crippen molar-refractivity contribution in [2.45, 2.75) is 12.3 Å². The zero-order valence-corrected chi connectivity index (χ0v) is 12.0. The first-order valence-corrected chi connectivity index (χ1v) is 6.82. The standard InChI is InChI=1S/C14H10Cl2FN3/c1-8(15)13-19-11-3-2-6-18-14(11)20(13)12-7-9(16)4-5-10(12)17/h2-8H,1H3. The molecule has 0 N–H and O–H groups in total. The average molecular weight is 310 g/mol. The molecular formula is C14H10Cl2FN3. The van der Waals surface area contributed by atoms with E-state index in [1.807, 2.05) is 6.07 Å². The Morgan fingerprint density at radius 2 is 2.10 bits per heavy atom. The molecule has 102 valence electrons. The Bertz CT molecular complexity index is 783. The topological polar surface area (TPSA) is 30.7 Å². The lowest BCUT2D eigenvalue weighted by Crippen LogP contribution is -2.05.